The summed E-state index contributed by atoms with van der Waals surface area (Å²) >= 11 is 0. The van der Waals surface area contributed by atoms with Gasteiger partial charge in [-0.05, 0) is 25.1 Å². The van der Waals surface area contributed by atoms with Gasteiger partial charge in [0.05, 0.1) is 12.7 Å². The maximum absolute atomic E-state index is 12.9. The molecule has 2 rings (SSSR count). The third kappa shape index (κ3) is 2.90. The topological polar surface area (TPSA) is 55.1 Å². The van der Waals surface area contributed by atoms with Gasteiger partial charge in [0, 0.05) is 5.56 Å². The van der Waals surface area contributed by atoms with Gasteiger partial charge in [-0.15, -0.1) is 0 Å². The molecule has 0 spiro atoms. The normalized spacial score (nSPS) is 10.2. The third-order valence-corrected chi connectivity index (χ3v) is 2.16. The lowest BCUT2D eigenvalue weighted by Gasteiger charge is -2.02. The monoisotopic (exact) mass is 234 g/mol. The van der Waals surface area contributed by atoms with Crippen molar-refractivity contribution >= 4 is 5.91 Å². The van der Waals surface area contributed by atoms with Crippen molar-refractivity contribution in [3.05, 3.63) is 53.5 Å². The van der Waals surface area contributed by atoms with Gasteiger partial charge >= 0.3 is 0 Å². The SMILES string of the molecule is Cc1cnc(CNC(=O)c2cccc(F)c2)o1. The molecule has 0 aliphatic rings. The minimum absolute atomic E-state index is 0.184. The largest absolute Gasteiger partial charge is 0.444 e. The summed E-state index contributed by atoms with van der Waals surface area (Å²) in [5, 5.41) is 2.59. The number of nitrogens with one attached hydrogen (secondary N) is 1. The van der Waals surface area contributed by atoms with Crippen molar-refractivity contribution in [2.45, 2.75) is 13.5 Å². The quantitative estimate of drug-likeness (QED) is 0.884. The van der Waals surface area contributed by atoms with E-state index in [0.717, 1.165) is 0 Å². The highest BCUT2D eigenvalue weighted by molar-refractivity contribution is 5.94. The molecule has 0 saturated carbocycles. The van der Waals surface area contributed by atoms with Crippen LogP contribution in [0.3, 0.4) is 0 Å². The van der Waals surface area contributed by atoms with E-state index in [0.29, 0.717) is 11.7 Å². The molecule has 0 aliphatic carbocycles. The van der Waals surface area contributed by atoms with E-state index >= 15 is 0 Å². The van der Waals surface area contributed by atoms with Crippen LogP contribution in [-0.4, -0.2) is 10.9 Å². The number of nitrogens with zero attached hydrogens (tertiary/aromatic N) is 1. The maximum atomic E-state index is 12.9. The summed E-state index contributed by atoms with van der Waals surface area (Å²) in [4.78, 5) is 15.6. The van der Waals surface area contributed by atoms with Crippen molar-refractivity contribution in [3.8, 4) is 0 Å². The van der Waals surface area contributed by atoms with Crippen LogP contribution in [0.5, 0.6) is 0 Å². The summed E-state index contributed by atoms with van der Waals surface area (Å²) in [5.41, 5.74) is 0.272. The maximum Gasteiger partial charge on any atom is 0.251 e. The number of halogens is 1. The number of rotatable bonds is 3. The first kappa shape index (κ1) is 11.3. The van der Waals surface area contributed by atoms with E-state index < -0.39 is 5.82 Å². The van der Waals surface area contributed by atoms with E-state index in [1.807, 2.05) is 0 Å². The van der Waals surface area contributed by atoms with Crippen molar-refractivity contribution < 1.29 is 13.6 Å². The van der Waals surface area contributed by atoms with E-state index in [1.54, 1.807) is 19.2 Å². The molecule has 17 heavy (non-hydrogen) atoms. The summed E-state index contributed by atoms with van der Waals surface area (Å²) in [6.45, 7) is 1.95. The van der Waals surface area contributed by atoms with Gasteiger partial charge in [-0.25, -0.2) is 9.37 Å². The Morgan fingerprint density at radius 1 is 1.53 bits per heavy atom. The second-order valence-electron chi connectivity index (χ2n) is 3.56. The van der Waals surface area contributed by atoms with Gasteiger partial charge in [0.1, 0.15) is 11.6 Å². The number of carbonyl (C=O) groups is 1. The first-order valence-corrected chi connectivity index (χ1v) is 5.10. The summed E-state index contributed by atoms with van der Waals surface area (Å²) < 4.78 is 18.1. The number of oxazole rings is 1. The average molecular weight is 234 g/mol. The molecule has 1 N–H and O–H groups in total. The average Bonchev–Trinajstić information content (AvgIpc) is 2.72. The highest BCUT2D eigenvalue weighted by Crippen LogP contribution is 2.05. The minimum atomic E-state index is -0.440. The number of carbonyl (C=O) groups excluding carboxylic acids is 1. The number of aryl methyl sites for hydroxylation is 1. The van der Waals surface area contributed by atoms with Crippen molar-refractivity contribution in [2.24, 2.45) is 0 Å². The molecule has 1 aromatic carbocycles. The number of aromatic nitrogens is 1. The Morgan fingerprint density at radius 2 is 2.35 bits per heavy atom. The molecule has 5 heteroatoms. The molecule has 4 nitrogen and oxygen atoms in total. The Morgan fingerprint density at radius 3 is 3.00 bits per heavy atom. The zero-order valence-electron chi connectivity index (χ0n) is 9.24. The minimum Gasteiger partial charge on any atom is -0.444 e. The molecule has 0 saturated heterocycles. The van der Waals surface area contributed by atoms with Crippen LogP contribution < -0.4 is 5.32 Å². The van der Waals surface area contributed by atoms with Gasteiger partial charge in [-0.3, -0.25) is 4.79 Å². The van der Waals surface area contributed by atoms with E-state index in [4.69, 9.17) is 4.42 Å². The molecular formula is C12H11FN2O2. The van der Waals surface area contributed by atoms with E-state index in [-0.39, 0.29) is 18.0 Å². The zero-order chi connectivity index (χ0) is 12.3. The van der Waals surface area contributed by atoms with Gasteiger partial charge in [-0.1, -0.05) is 6.07 Å². The van der Waals surface area contributed by atoms with Crippen molar-refractivity contribution in [1.29, 1.82) is 0 Å². The van der Waals surface area contributed by atoms with Crippen LogP contribution in [0.2, 0.25) is 0 Å². The summed E-state index contributed by atoms with van der Waals surface area (Å²) in [7, 11) is 0. The molecule has 0 atom stereocenters. The first-order chi connectivity index (χ1) is 8.15. The molecule has 1 heterocycles. The van der Waals surface area contributed by atoms with Gasteiger partial charge in [-0.2, -0.15) is 0 Å². The Kier molecular flexibility index (Phi) is 3.18. The zero-order valence-corrected chi connectivity index (χ0v) is 9.24. The van der Waals surface area contributed by atoms with Crippen LogP contribution >= 0.6 is 0 Å². The van der Waals surface area contributed by atoms with Crippen LogP contribution in [0.4, 0.5) is 4.39 Å². The fourth-order valence-electron chi connectivity index (χ4n) is 1.37. The van der Waals surface area contributed by atoms with E-state index in [9.17, 15) is 9.18 Å². The number of benzene rings is 1. The smallest absolute Gasteiger partial charge is 0.251 e. The van der Waals surface area contributed by atoms with Gasteiger partial charge in [0.25, 0.3) is 5.91 Å². The van der Waals surface area contributed by atoms with E-state index in [2.05, 4.69) is 10.3 Å². The number of amides is 1. The molecule has 0 aliphatic heterocycles. The predicted octanol–water partition coefficient (Wildman–Crippen LogP) is 2.05. The molecule has 0 fully saturated rings. The Labute approximate surface area is 97.5 Å². The fraction of sp³-hybridized carbons (Fsp3) is 0.167. The molecule has 0 bridgehead atoms. The summed E-state index contributed by atoms with van der Waals surface area (Å²) in [6.07, 6.45) is 1.57. The van der Waals surface area contributed by atoms with Crippen LogP contribution in [0, 0.1) is 12.7 Å². The Balaban J connectivity index is 1.98. The lowest BCUT2D eigenvalue weighted by Crippen LogP contribution is -2.22. The fourth-order valence-corrected chi connectivity index (χ4v) is 1.37. The van der Waals surface area contributed by atoms with Crippen LogP contribution in [0.15, 0.2) is 34.9 Å². The summed E-state index contributed by atoms with van der Waals surface area (Å²) in [5.74, 6) is 0.303. The van der Waals surface area contributed by atoms with Crippen molar-refractivity contribution in [1.82, 2.24) is 10.3 Å². The highest BCUT2D eigenvalue weighted by atomic mass is 19.1. The molecule has 1 amide bonds. The first-order valence-electron chi connectivity index (χ1n) is 5.10. The lowest BCUT2D eigenvalue weighted by molar-refractivity contribution is 0.0946. The standard InChI is InChI=1S/C12H11FN2O2/c1-8-6-14-11(17-8)7-15-12(16)9-3-2-4-10(13)5-9/h2-6H,7H2,1H3,(H,15,16). The van der Waals surface area contributed by atoms with Gasteiger partial charge in [0.15, 0.2) is 0 Å². The Hall–Kier alpha value is -2.17. The molecule has 1 aromatic heterocycles. The Bertz CT molecular complexity index is 537. The van der Waals surface area contributed by atoms with Crippen LogP contribution in [0.25, 0.3) is 0 Å². The molecular weight excluding hydrogens is 223 g/mol. The lowest BCUT2D eigenvalue weighted by atomic mass is 10.2. The highest BCUT2D eigenvalue weighted by Gasteiger charge is 2.07. The van der Waals surface area contributed by atoms with Gasteiger partial charge in [0.2, 0.25) is 5.89 Å². The second-order valence-corrected chi connectivity index (χ2v) is 3.56. The number of hydrogen-bond acceptors (Lipinski definition) is 3. The molecule has 88 valence electrons. The van der Waals surface area contributed by atoms with Crippen LogP contribution in [0.1, 0.15) is 22.0 Å². The molecule has 2 aromatic rings. The van der Waals surface area contributed by atoms with E-state index in [1.165, 1.54) is 18.2 Å². The van der Waals surface area contributed by atoms with Crippen molar-refractivity contribution in [2.75, 3.05) is 0 Å². The second kappa shape index (κ2) is 4.78. The third-order valence-electron chi connectivity index (χ3n) is 2.16. The molecule has 0 radical (unpaired) electrons. The van der Waals surface area contributed by atoms with Crippen molar-refractivity contribution in [3.63, 3.8) is 0 Å². The van der Waals surface area contributed by atoms with Crippen LogP contribution in [-0.2, 0) is 6.54 Å². The van der Waals surface area contributed by atoms with Gasteiger partial charge < -0.3 is 9.73 Å². The summed E-state index contributed by atoms with van der Waals surface area (Å²) in [6, 6.07) is 5.49. The predicted molar refractivity (Wildman–Crippen MR) is 58.8 cm³/mol. The number of hydrogen-bond donors (Lipinski definition) is 1. The molecule has 0 unspecified atom stereocenters.